The molecule has 6 rings (SSSR count). The molecule has 5 aromatic rings. The van der Waals surface area contributed by atoms with Gasteiger partial charge in [-0.15, -0.1) is 0 Å². The van der Waals surface area contributed by atoms with E-state index < -0.39 is 0 Å². The second kappa shape index (κ2) is 8.92. The standard InChI is InChI=1S/C34H29N/c1-24(2)26-13-15-28-21-29-16-14-27(23-34(29)33(28)22-26)25-17-19-32(20-18-25)35(30-9-5-3-6-10-30)31-11-7-4-8-12-31/h3-20,22-24H,21H2,1-2H3. The average Bonchev–Trinajstić information content (AvgIpc) is 3.28. The van der Waals surface area contributed by atoms with Gasteiger partial charge in [-0.1, -0.05) is 92.7 Å². The smallest absolute Gasteiger partial charge is 0.0462 e. The van der Waals surface area contributed by atoms with E-state index in [-0.39, 0.29) is 0 Å². The van der Waals surface area contributed by atoms with Gasteiger partial charge in [0.1, 0.15) is 0 Å². The fourth-order valence-electron chi connectivity index (χ4n) is 5.13. The van der Waals surface area contributed by atoms with Gasteiger partial charge in [0.15, 0.2) is 0 Å². The topological polar surface area (TPSA) is 3.24 Å². The van der Waals surface area contributed by atoms with Crippen LogP contribution in [0.5, 0.6) is 0 Å². The lowest BCUT2D eigenvalue weighted by Crippen LogP contribution is -2.09. The van der Waals surface area contributed by atoms with Gasteiger partial charge in [0.2, 0.25) is 0 Å². The van der Waals surface area contributed by atoms with Gasteiger partial charge in [0.05, 0.1) is 0 Å². The van der Waals surface area contributed by atoms with Crippen LogP contribution < -0.4 is 4.90 Å². The number of benzene rings is 5. The van der Waals surface area contributed by atoms with Crippen molar-refractivity contribution in [2.24, 2.45) is 0 Å². The van der Waals surface area contributed by atoms with E-state index in [4.69, 9.17) is 0 Å². The maximum absolute atomic E-state index is 2.40. The second-order valence-electron chi connectivity index (χ2n) is 9.67. The molecule has 0 bridgehead atoms. The van der Waals surface area contributed by atoms with E-state index in [1.165, 1.54) is 38.9 Å². The number of anilines is 3. The van der Waals surface area contributed by atoms with E-state index in [0.717, 1.165) is 23.5 Å². The minimum absolute atomic E-state index is 0.539. The van der Waals surface area contributed by atoms with Crippen LogP contribution in [0, 0.1) is 0 Å². The van der Waals surface area contributed by atoms with Gasteiger partial charge in [-0.2, -0.15) is 0 Å². The molecule has 1 aliphatic rings. The number of hydrogen-bond acceptors (Lipinski definition) is 1. The van der Waals surface area contributed by atoms with Crippen molar-refractivity contribution >= 4 is 17.1 Å². The molecule has 0 saturated heterocycles. The van der Waals surface area contributed by atoms with Crippen LogP contribution in [0.1, 0.15) is 36.5 Å². The Labute approximate surface area is 208 Å². The Morgan fingerprint density at radius 1 is 0.514 bits per heavy atom. The number of hydrogen-bond donors (Lipinski definition) is 0. The molecule has 0 aromatic heterocycles. The molecule has 0 amide bonds. The molecule has 170 valence electrons. The fraction of sp³-hybridized carbons (Fsp3) is 0.118. The highest BCUT2D eigenvalue weighted by atomic mass is 15.1. The van der Waals surface area contributed by atoms with Gasteiger partial charge in [-0.3, -0.25) is 0 Å². The lowest BCUT2D eigenvalue weighted by molar-refractivity contribution is 0.866. The first kappa shape index (κ1) is 21.4. The van der Waals surface area contributed by atoms with Crippen LogP contribution in [0.25, 0.3) is 22.3 Å². The van der Waals surface area contributed by atoms with Crippen molar-refractivity contribution in [1.82, 2.24) is 0 Å². The summed E-state index contributed by atoms with van der Waals surface area (Å²) in [7, 11) is 0. The molecule has 0 spiro atoms. The van der Waals surface area contributed by atoms with Crippen LogP contribution in [-0.2, 0) is 6.42 Å². The zero-order valence-electron chi connectivity index (χ0n) is 20.3. The lowest BCUT2D eigenvalue weighted by Gasteiger charge is -2.25. The van der Waals surface area contributed by atoms with Gasteiger partial charge in [-0.05, 0) is 93.7 Å². The quantitative estimate of drug-likeness (QED) is 0.252. The van der Waals surface area contributed by atoms with E-state index in [9.17, 15) is 0 Å². The third-order valence-corrected chi connectivity index (χ3v) is 7.07. The fourth-order valence-corrected chi connectivity index (χ4v) is 5.13. The first-order valence-corrected chi connectivity index (χ1v) is 12.4. The molecular weight excluding hydrogens is 422 g/mol. The van der Waals surface area contributed by atoms with E-state index in [2.05, 4.69) is 140 Å². The van der Waals surface area contributed by atoms with Crippen molar-refractivity contribution in [1.29, 1.82) is 0 Å². The number of nitrogens with zero attached hydrogens (tertiary/aromatic N) is 1. The van der Waals surface area contributed by atoms with Crippen LogP contribution in [0.4, 0.5) is 17.1 Å². The lowest BCUT2D eigenvalue weighted by atomic mass is 9.95. The highest BCUT2D eigenvalue weighted by Crippen LogP contribution is 2.41. The third kappa shape index (κ3) is 4.04. The molecule has 0 saturated carbocycles. The minimum Gasteiger partial charge on any atom is -0.311 e. The molecule has 0 unspecified atom stereocenters. The van der Waals surface area contributed by atoms with Gasteiger partial charge >= 0.3 is 0 Å². The highest BCUT2D eigenvalue weighted by molar-refractivity contribution is 5.83. The Morgan fingerprint density at radius 3 is 1.63 bits per heavy atom. The van der Waals surface area contributed by atoms with E-state index in [0.29, 0.717) is 5.92 Å². The molecule has 1 nitrogen and oxygen atoms in total. The summed E-state index contributed by atoms with van der Waals surface area (Å²) in [4.78, 5) is 2.30. The Bertz CT molecular complexity index is 1430. The zero-order valence-corrected chi connectivity index (χ0v) is 20.3. The highest BCUT2D eigenvalue weighted by Gasteiger charge is 2.20. The Morgan fingerprint density at radius 2 is 1.03 bits per heavy atom. The molecule has 0 fully saturated rings. The van der Waals surface area contributed by atoms with Crippen LogP contribution >= 0.6 is 0 Å². The summed E-state index contributed by atoms with van der Waals surface area (Å²) in [6.07, 6.45) is 1.03. The first-order valence-electron chi connectivity index (χ1n) is 12.4. The molecule has 0 atom stereocenters. The number of para-hydroxylation sites is 2. The van der Waals surface area contributed by atoms with Crippen molar-refractivity contribution in [3.8, 4) is 22.3 Å². The van der Waals surface area contributed by atoms with Crippen molar-refractivity contribution in [3.63, 3.8) is 0 Å². The van der Waals surface area contributed by atoms with Gasteiger partial charge < -0.3 is 4.90 Å². The summed E-state index contributed by atoms with van der Waals surface area (Å²) in [5.41, 5.74) is 13.0. The number of rotatable bonds is 5. The summed E-state index contributed by atoms with van der Waals surface area (Å²) < 4.78 is 0. The molecule has 0 heterocycles. The zero-order chi connectivity index (χ0) is 23.8. The Hall–Kier alpha value is -4.10. The maximum atomic E-state index is 2.40. The largest absolute Gasteiger partial charge is 0.311 e. The first-order chi connectivity index (χ1) is 17.2. The average molecular weight is 452 g/mol. The Kier molecular flexibility index (Phi) is 5.47. The van der Waals surface area contributed by atoms with Crippen LogP contribution in [0.2, 0.25) is 0 Å². The number of fused-ring (bicyclic) bond motifs is 3. The minimum atomic E-state index is 0.539. The predicted molar refractivity (Wildman–Crippen MR) is 149 cm³/mol. The molecule has 1 aliphatic carbocycles. The van der Waals surface area contributed by atoms with Crippen molar-refractivity contribution in [2.75, 3.05) is 4.90 Å². The molecule has 0 radical (unpaired) electrons. The van der Waals surface area contributed by atoms with Gasteiger partial charge in [-0.25, -0.2) is 0 Å². The molecule has 0 aliphatic heterocycles. The third-order valence-electron chi connectivity index (χ3n) is 7.07. The second-order valence-corrected chi connectivity index (χ2v) is 9.67. The van der Waals surface area contributed by atoms with Crippen LogP contribution in [-0.4, -0.2) is 0 Å². The Balaban J connectivity index is 1.36. The summed E-state index contributed by atoms with van der Waals surface area (Å²) in [5.74, 6) is 0.539. The maximum Gasteiger partial charge on any atom is 0.0462 e. The summed E-state index contributed by atoms with van der Waals surface area (Å²) in [6.45, 7) is 4.54. The van der Waals surface area contributed by atoms with Crippen molar-refractivity contribution < 1.29 is 0 Å². The van der Waals surface area contributed by atoms with E-state index in [1.807, 2.05) is 0 Å². The molecular formula is C34H29N. The molecule has 1 heteroatoms. The molecule has 5 aromatic carbocycles. The molecule has 0 N–H and O–H groups in total. The molecule has 35 heavy (non-hydrogen) atoms. The summed E-state index contributed by atoms with van der Waals surface area (Å²) in [5, 5.41) is 0. The van der Waals surface area contributed by atoms with Gasteiger partial charge in [0.25, 0.3) is 0 Å². The SMILES string of the molecule is CC(C)c1ccc2c(c1)-c1cc(-c3ccc(N(c4ccccc4)c4ccccc4)cc3)ccc1C2. The monoisotopic (exact) mass is 451 g/mol. The van der Waals surface area contributed by atoms with Crippen LogP contribution in [0.15, 0.2) is 121 Å². The van der Waals surface area contributed by atoms with Gasteiger partial charge in [0, 0.05) is 17.1 Å². The summed E-state index contributed by atoms with van der Waals surface area (Å²) in [6, 6.07) is 44.0. The van der Waals surface area contributed by atoms with Crippen molar-refractivity contribution in [2.45, 2.75) is 26.2 Å². The predicted octanol–water partition coefficient (Wildman–Crippen LogP) is 9.52. The van der Waals surface area contributed by atoms with E-state index >= 15 is 0 Å². The van der Waals surface area contributed by atoms with E-state index in [1.54, 1.807) is 0 Å². The van der Waals surface area contributed by atoms with Crippen molar-refractivity contribution in [3.05, 3.63) is 138 Å². The van der Waals surface area contributed by atoms with Crippen LogP contribution in [0.3, 0.4) is 0 Å². The normalized spacial score (nSPS) is 11.9. The summed E-state index contributed by atoms with van der Waals surface area (Å²) >= 11 is 0.